The molecule has 0 aliphatic carbocycles. The summed E-state index contributed by atoms with van der Waals surface area (Å²) in [6, 6.07) is 10.00. The molecule has 4 heteroatoms. The first-order valence-electron chi connectivity index (χ1n) is 6.85. The van der Waals surface area contributed by atoms with Crippen molar-refractivity contribution in [2.45, 2.75) is 26.3 Å². The Morgan fingerprint density at radius 1 is 1.35 bits per heavy atom. The van der Waals surface area contributed by atoms with Gasteiger partial charge in [-0.25, -0.2) is 4.98 Å². The van der Waals surface area contributed by atoms with Crippen LogP contribution in [0.5, 0.6) is 0 Å². The predicted molar refractivity (Wildman–Crippen MR) is 78.9 cm³/mol. The molecule has 1 aliphatic rings. The lowest BCUT2D eigenvalue weighted by Crippen LogP contribution is -2.30. The van der Waals surface area contributed by atoms with Crippen molar-refractivity contribution in [3.8, 4) is 11.5 Å². The molecule has 1 aromatic carbocycles. The molecule has 1 unspecified atom stereocenters. The fraction of sp³-hybridized carbons (Fsp3) is 0.250. The van der Waals surface area contributed by atoms with Crippen molar-refractivity contribution in [3.63, 3.8) is 0 Å². The molecule has 0 amide bonds. The predicted octanol–water partition coefficient (Wildman–Crippen LogP) is 2.82. The van der Waals surface area contributed by atoms with Gasteiger partial charge in [-0.05, 0) is 31.9 Å². The maximum Gasteiger partial charge on any atom is 0.254 e. The molecule has 0 spiro atoms. The van der Waals surface area contributed by atoms with Gasteiger partial charge in [0.25, 0.3) is 5.56 Å². The quantitative estimate of drug-likeness (QED) is 0.679. The second kappa shape index (κ2) is 3.82. The molecule has 1 atom stereocenters. The number of aromatic amines is 1. The highest BCUT2D eigenvalue weighted by Crippen LogP contribution is 2.36. The number of hydrogen-bond acceptors (Lipinski definition) is 2. The largest absolute Gasteiger partial charge is 0.352 e. The SMILES string of the molecule is Cc1cc(=O)n2c(n1)-c1[nH]c3ccccc3c1CC2C. The Labute approximate surface area is 116 Å². The molecule has 1 aliphatic heterocycles. The van der Waals surface area contributed by atoms with E-state index in [1.165, 1.54) is 10.9 Å². The van der Waals surface area contributed by atoms with Gasteiger partial charge in [-0.3, -0.25) is 9.36 Å². The monoisotopic (exact) mass is 265 g/mol. The molecular formula is C16H15N3O. The van der Waals surface area contributed by atoms with Gasteiger partial charge in [0, 0.05) is 28.7 Å². The average molecular weight is 265 g/mol. The highest BCUT2D eigenvalue weighted by atomic mass is 16.1. The van der Waals surface area contributed by atoms with Crippen LogP contribution in [0.3, 0.4) is 0 Å². The van der Waals surface area contributed by atoms with Gasteiger partial charge in [0.1, 0.15) is 0 Å². The van der Waals surface area contributed by atoms with E-state index in [4.69, 9.17) is 0 Å². The standard InChI is InChI=1S/C16H15N3O/c1-9-7-14(20)19-10(2)8-12-11-5-3-4-6-13(11)18-15(12)16(19)17-9/h3-7,10,18H,8H2,1-2H3. The molecule has 20 heavy (non-hydrogen) atoms. The fourth-order valence-corrected chi connectivity index (χ4v) is 3.20. The van der Waals surface area contributed by atoms with Gasteiger partial charge in [0.15, 0.2) is 5.82 Å². The molecular weight excluding hydrogens is 250 g/mol. The molecule has 100 valence electrons. The van der Waals surface area contributed by atoms with E-state index < -0.39 is 0 Å². The Hall–Kier alpha value is -2.36. The van der Waals surface area contributed by atoms with Gasteiger partial charge in [0.2, 0.25) is 0 Å². The van der Waals surface area contributed by atoms with Gasteiger partial charge in [-0.2, -0.15) is 0 Å². The molecule has 0 radical (unpaired) electrons. The third-order valence-corrected chi connectivity index (χ3v) is 4.06. The van der Waals surface area contributed by atoms with Gasteiger partial charge in [-0.15, -0.1) is 0 Å². The van der Waals surface area contributed by atoms with Crippen molar-refractivity contribution in [1.29, 1.82) is 0 Å². The number of hydrogen-bond donors (Lipinski definition) is 1. The maximum absolute atomic E-state index is 12.2. The highest BCUT2D eigenvalue weighted by Gasteiger charge is 2.26. The third-order valence-electron chi connectivity index (χ3n) is 4.06. The number of fused-ring (bicyclic) bond motifs is 5. The van der Waals surface area contributed by atoms with Crippen LogP contribution in [0.1, 0.15) is 24.2 Å². The van der Waals surface area contributed by atoms with Crippen molar-refractivity contribution in [3.05, 3.63) is 51.9 Å². The molecule has 4 nitrogen and oxygen atoms in total. The summed E-state index contributed by atoms with van der Waals surface area (Å²) in [6.07, 6.45) is 0.858. The molecule has 0 fully saturated rings. The normalized spacial score (nSPS) is 17.0. The lowest BCUT2D eigenvalue weighted by atomic mass is 9.99. The Bertz CT molecular complexity index is 888. The van der Waals surface area contributed by atoms with Gasteiger partial charge in [0.05, 0.1) is 5.69 Å². The van der Waals surface area contributed by atoms with Crippen LogP contribution in [0.2, 0.25) is 0 Å². The van der Waals surface area contributed by atoms with E-state index in [9.17, 15) is 4.79 Å². The number of nitrogens with one attached hydrogen (secondary N) is 1. The first-order chi connectivity index (χ1) is 9.65. The molecule has 3 aromatic rings. The van der Waals surface area contributed by atoms with Gasteiger partial charge in [-0.1, -0.05) is 18.2 Å². The van der Waals surface area contributed by atoms with E-state index in [0.717, 1.165) is 29.1 Å². The first kappa shape index (κ1) is 11.5. The van der Waals surface area contributed by atoms with E-state index in [1.807, 2.05) is 19.1 Å². The zero-order valence-corrected chi connectivity index (χ0v) is 11.5. The summed E-state index contributed by atoms with van der Waals surface area (Å²) in [5.74, 6) is 0.764. The molecule has 2 aromatic heterocycles. The number of H-pyrrole nitrogens is 1. The molecule has 0 bridgehead atoms. The van der Waals surface area contributed by atoms with Gasteiger partial charge < -0.3 is 4.98 Å². The van der Waals surface area contributed by atoms with Crippen molar-refractivity contribution in [2.75, 3.05) is 0 Å². The number of rotatable bonds is 0. The van der Waals surface area contributed by atoms with E-state index >= 15 is 0 Å². The van der Waals surface area contributed by atoms with Gasteiger partial charge >= 0.3 is 0 Å². The maximum atomic E-state index is 12.2. The van der Waals surface area contributed by atoms with E-state index in [0.29, 0.717) is 0 Å². The highest BCUT2D eigenvalue weighted by molar-refractivity contribution is 5.90. The summed E-state index contributed by atoms with van der Waals surface area (Å²) in [5.41, 5.74) is 4.16. The van der Waals surface area contributed by atoms with Crippen LogP contribution in [0, 0.1) is 6.92 Å². The molecule has 1 N–H and O–H groups in total. The Morgan fingerprint density at radius 2 is 2.15 bits per heavy atom. The van der Waals surface area contributed by atoms with Crippen molar-refractivity contribution >= 4 is 10.9 Å². The average Bonchev–Trinajstić information content (AvgIpc) is 2.77. The lowest BCUT2D eigenvalue weighted by molar-refractivity contribution is 0.512. The van der Waals surface area contributed by atoms with Crippen molar-refractivity contribution < 1.29 is 0 Å². The zero-order chi connectivity index (χ0) is 13.9. The summed E-state index contributed by atoms with van der Waals surface area (Å²) in [4.78, 5) is 20.2. The van der Waals surface area contributed by atoms with Crippen LogP contribution in [0.15, 0.2) is 35.1 Å². The van der Waals surface area contributed by atoms with Crippen LogP contribution in [-0.2, 0) is 6.42 Å². The number of benzene rings is 1. The Balaban J connectivity index is 2.14. The topological polar surface area (TPSA) is 50.7 Å². The van der Waals surface area contributed by atoms with Crippen molar-refractivity contribution in [2.24, 2.45) is 0 Å². The minimum Gasteiger partial charge on any atom is -0.352 e. The Morgan fingerprint density at radius 3 is 3.00 bits per heavy atom. The number of para-hydroxylation sites is 1. The zero-order valence-electron chi connectivity index (χ0n) is 11.5. The van der Waals surface area contributed by atoms with Crippen LogP contribution >= 0.6 is 0 Å². The smallest absolute Gasteiger partial charge is 0.254 e. The van der Waals surface area contributed by atoms with E-state index in [2.05, 4.69) is 29.0 Å². The molecule has 0 saturated heterocycles. The van der Waals surface area contributed by atoms with Crippen LogP contribution < -0.4 is 5.56 Å². The molecule has 3 heterocycles. The first-order valence-corrected chi connectivity index (χ1v) is 6.85. The minimum absolute atomic E-state index is 0.0318. The summed E-state index contributed by atoms with van der Waals surface area (Å²) in [6.45, 7) is 3.94. The van der Waals surface area contributed by atoms with Crippen molar-refractivity contribution in [1.82, 2.24) is 14.5 Å². The fourth-order valence-electron chi connectivity index (χ4n) is 3.20. The lowest BCUT2D eigenvalue weighted by Gasteiger charge is -2.24. The molecule has 0 saturated carbocycles. The third kappa shape index (κ3) is 1.42. The Kier molecular flexibility index (Phi) is 2.19. The van der Waals surface area contributed by atoms with Crippen LogP contribution in [-0.4, -0.2) is 14.5 Å². The summed E-state index contributed by atoms with van der Waals surface area (Å²) in [5, 5.41) is 1.23. The van der Waals surface area contributed by atoms with Crippen LogP contribution in [0.4, 0.5) is 0 Å². The van der Waals surface area contributed by atoms with Crippen LogP contribution in [0.25, 0.3) is 22.4 Å². The summed E-state index contributed by atoms with van der Waals surface area (Å²) in [7, 11) is 0. The summed E-state index contributed by atoms with van der Waals surface area (Å²) < 4.78 is 1.80. The van der Waals surface area contributed by atoms with E-state index in [1.54, 1.807) is 10.6 Å². The minimum atomic E-state index is 0.0318. The number of aromatic nitrogens is 3. The van der Waals surface area contributed by atoms with E-state index in [-0.39, 0.29) is 11.6 Å². The number of nitrogens with zero attached hydrogens (tertiary/aromatic N) is 2. The number of aryl methyl sites for hydroxylation is 1. The summed E-state index contributed by atoms with van der Waals surface area (Å²) >= 11 is 0. The second-order valence-corrected chi connectivity index (χ2v) is 5.51. The molecule has 4 rings (SSSR count). The second-order valence-electron chi connectivity index (χ2n) is 5.51.